The van der Waals surface area contributed by atoms with Crippen LogP contribution in [0.3, 0.4) is 0 Å². The number of fused-ring (bicyclic) bond motifs is 1. The third-order valence-electron chi connectivity index (χ3n) is 3.73. The van der Waals surface area contributed by atoms with Crippen molar-refractivity contribution in [2.24, 2.45) is 0 Å². The minimum absolute atomic E-state index is 0.238. The first-order valence-corrected chi connectivity index (χ1v) is 8.68. The van der Waals surface area contributed by atoms with E-state index in [1.165, 1.54) is 6.07 Å². The Morgan fingerprint density at radius 3 is 2.77 bits per heavy atom. The van der Waals surface area contributed by atoms with Crippen molar-refractivity contribution in [3.63, 3.8) is 0 Å². The molecule has 1 N–H and O–H groups in total. The van der Waals surface area contributed by atoms with E-state index in [1.54, 1.807) is 26.0 Å². The number of hydrogen-bond donors (Lipinski definition) is 1. The fourth-order valence-electron chi connectivity index (χ4n) is 2.32. The molecule has 3 aromatic rings. The second kappa shape index (κ2) is 6.88. The number of oxazole rings is 1. The molecule has 2 aromatic heterocycles. The predicted octanol–water partition coefficient (Wildman–Crippen LogP) is 5.09. The number of rotatable bonds is 4. The van der Waals surface area contributed by atoms with Gasteiger partial charge in [0, 0.05) is 0 Å². The van der Waals surface area contributed by atoms with Gasteiger partial charge in [0.15, 0.2) is 5.58 Å². The lowest BCUT2D eigenvalue weighted by molar-refractivity contribution is -0.130. The number of anilines is 1. The van der Waals surface area contributed by atoms with Crippen LogP contribution in [0.2, 0.25) is 5.02 Å². The summed E-state index contributed by atoms with van der Waals surface area (Å²) in [6.45, 7) is 3.41. The van der Waals surface area contributed by atoms with Gasteiger partial charge in [-0.2, -0.15) is 17.5 Å². The quantitative estimate of drug-likeness (QED) is 0.658. The van der Waals surface area contributed by atoms with Crippen molar-refractivity contribution in [1.29, 1.82) is 0 Å². The molecule has 5 nitrogen and oxygen atoms in total. The maximum absolute atomic E-state index is 12.5. The van der Waals surface area contributed by atoms with Crippen LogP contribution < -0.4 is 5.32 Å². The molecular formula is C16H13ClF3N3O2S. The van der Waals surface area contributed by atoms with E-state index in [-0.39, 0.29) is 17.0 Å². The van der Waals surface area contributed by atoms with E-state index in [4.69, 9.17) is 16.0 Å². The Kier molecular flexibility index (Phi) is 4.94. The van der Waals surface area contributed by atoms with Gasteiger partial charge in [-0.15, -0.1) is 0 Å². The molecule has 0 spiro atoms. The molecular weight excluding hydrogens is 391 g/mol. The summed E-state index contributed by atoms with van der Waals surface area (Å²) in [5.74, 6) is -1.29. The summed E-state index contributed by atoms with van der Waals surface area (Å²) in [6, 6.07) is 4.67. The van der Waals surface area contributed by atoms with Crippen LogP contribution in [0, 0.1) is 6.92 Å². The van der Waals surface area contributed by atoms with Gasteiger partial charge in [0.2, 0.25) is 11.8 Å². The zero-order chi connectivity index (χ0) is 19.1. The van der Waals surface area contributed by atoms with E-state index < -0.39 is 24.4 Å². The van der Waals surface area contributed by atoms with Crippen LogP contribution in [0.5, 0.6) is 0 Å². The van der Waals surface area contributed by atoms with Crippen molar-refractivity contribution in [1.82, 2.24) is 9.36 Å². The molecule has 138 valence electrons. The molecule has 26 heavy (non-hydrogen) atoms. The first-order chi connectivity index (χ1) is 12.1. The number of nitrogens with zero attached hydrogens (tertiary/aromatic N) is 2. The molecule has 10 heteroatoms. The summed E-state index contributed by atoms with van der Waals surface area (Å²) in [5.41, 5.74) is 1.73. The minimum atomic E-state index is -4.40. The monoisotopic (exact) mass is 403 g/mol. The van der Waals surface area contributed by atoms with Crippen LogP contribution in [0.25, 0.3) is 11.1 Å². The molecule has 3 rings (SSSR count). The third-order valence-corrected chi connectivity index (χ3v) is 5.16. The van der Waals surface area contributed by atoms with Gasteiger partial charge in [-0.05, 0) is 43.1 Å². The molecule has 0 bridgehead atoms. The zero-order valence-electron chi connectivity index (χ0n) is 13.6. The maximum Gasteiger partial charge on any atom is 0.397 e. The lowest BCUT2D eigenvalue weighted by Crippen LogP contribution is -2.18. The van der Waals surface area contributed by atoms with Crippen LogP contribution in [-0.4, -0.2) is 21.4 Å². The predicted molar refractivity (Wildman–Crippen MR) is 92.7 cm³/mol. The SMILES string of the molecule is Cc1nsc(NC(=O)C(C)c2ccc3oc(CC(F)(F)F)nc3c2)c1Cl. The highest BCUT2D eigenvalue weighted by Gasteiger charge is 2.31. The number of halogens is 4. The van der Waals surface area contributed by atoms with Crippen LogP contribution in [-0.2, 0) is 11.2 Å². The van der Waals surface area contributed by atoms with Gasteiger partial charge in [-0.3, -0.25) is 4.79 Å². The van der Waals surface area contributed by atoms with E-state index >= 15 is 0 Å². The second-order valence-corrected chi connectivity index (χ2v) is 6.90. The molecule has 1 aromatic carbocycles. The Morgan fingerprint density at radius 1 is 1.42 bits per heavy atom. The second-order valence-electron chi connectivity index (χ2n) is 5.75. The Morgan fingerprint density at radius 2 is 2.15 bits per heavy atom. The van der Waals surface area contributed by atoms with E-state index in [2.05, 4.69) is 14.7 Å². The molecule has 2 heterocycles. The molecule has 0 saturated carbocycles. The largest absolute Gasteiger partial charge is 0.440 e. The Balaban J connectivity index is 1.80. The number of nitrogens with one attached hydrogen (secondary N) is 1. The van der Waals surface area contributed by atoms with Crippen molar-refractivity contribution >= 4 is 45.1 Å². The Bertz CT molecular complexity index is 967. The number of amides is 1. The van der Waals surface area contributed by atoms with Gasteiger partial charge in [0.1, 0.15) is 16.9 Å². The summed E-state index contributed by atoms with van der Waals surface area (Å²) in [4.78, 5) is 16.3. The number of benzene rings is 1. The first kappa shape index (κ1) is 18.7. The molecule has 0 fully saturated rings. The highest BCUT2D eigenvalue weighted by Crippen LogP contribution is 2.31. The Labute approximate surface area is 155 Å². The number of aryl methyl sites for hydroxylation is 1. The first-order valence-electron chi connectivity index (χ1n) is 7.53. The van der Waals surface area contributed by atoms with Gasteiger partial charge in [-0.25, -0.2) is 4.98 Å². The summed E-state index contributed by atoms with van der Waals surface area (Å²) >= 11 is 7.14. The van der Waals surface area contributed by atoms with Gasteiger partial charge < -0.3 is 9.73 Å². The van der Waals surface area contributed by atoms with Crippen LogP contribution in [0.1, 0.15) is 30.0 Å². The van der Waals surface area contributed by atoms with Gasteiger partial charge in [0.25, 0.3) is 0 Å². The topological polar surface area (TPSA) is 68.0 Å². The molecule has 0 saturated heterocycles. The van der Waals surface area contributed by atoms with E-state index in [0.717, 1.165) is 11.5 Å². The summed E-state index contributed by atoms with van der Waals surface area (Å²) < 4.78 is 46.5. The summed E-state index contributed by atoms with van der Waals surface area (Å²) in [5, 5.41) is 3.55. The average molecular weight is 404 g/mol. The van der Waals surface area contributed by atoms with Gasteiger partial charge in [0.05, 0.1) is 16.6 Å². The fraction of sp³-hybridized carbons (Fsp3) is 0.312. The standard InChI is InChI=1S/C16H13ClF3N3O2S/c1-7(14(24)22-15-13(17)8(2)23-26-15)9-3-4-11-10(5-9)21-12(25-11)6-16(18,19)20/h3-5,7H,6H2,1-2H3,(H,22,24). The molecule has 0 aliphatic heterocycles. The normalized spacial score (nSPS) is 13.2. The highest BCUT2D eigenvalue weighted by molar-refractivity contribution is 7.11. The number of carbonyl (C=O) groups is 1. The number of aromatic nitrogens is 2. The number of hydrogen-bond acceptors (Lipinski definition) is 5. The van der Waals surface area contributed by atoms with Crippen molar-refractivity contribution in [3.8, 4) is 0 Å². The molecule has 1 atom stereocenters. The summed E-state index contributed by atoms with van der Waals surface area (Å²) in [6.07, 6.45) is -5.64. The highest BCUT2D eigenvalue weighted by atomic mass is 35.5. The van der Waals surface area contributed by atoms with Crippen molar-refractivity contribution in [2.45, 2.75) is 32.4 Å². The van der Waals surface area contributed by atoms with E-state index in [1.807, 2.05) is 0 Å². The molecule has 0 aliphatic carbocycles. The molecule has 0 radical (unpaired) electrons. The molecule has 1 unspecified atom stereocenters. The molecule has 0 aliphatic rings. The van der Waals surface area contributed by atoms with Gasteiger partial charge in [-0.1, -0.05) is 17.7 Å². The lowest BCUT2D eigenvalue weighted by Gasteiger charge is -2.11. The smallest absolute Gasteiger partial charge is 0.397 e. The summed E-state index contributed by atoms with van der Waals surface area (Å²) in [7, 11) is 0. The number of alkyl halides is 3. The van der Waals surface area contributed by atoms with Gasteiger partial charge >= 0.3 is 6.18 Å². The molecule has 1 amide bonds. The fourth-order valence-corrected chi connectivity index (χ4v) is 3.25. The van der Waals surface area contributed by atoms with Crippen LogP contribution in [0.4, 0.5) is 18.2 Å². The van der Waals surface area contributed by atoms with Crippen molar-refractivity contribution in [2.75, 3.05) is 5.32 Å². The van der Waals surface area contributed by atoms with Crippen LogP contribution in [0.15, 0.2) is 22.6 Å². The van der Waals surface area contributed by atoms with Crippen molar-refractivity contribution < 1.29 is 22.4 Å². The third kappa shape index (κ3) is 3.99. The lowest BCUT2D eigenvalue weighted by atomic mass is 10.00. The Hall–Kier alpha value is -2.13. The minimum Gasteiger partial charge on any atom is -0.440 e. The van der Waals surface area contributed by atoms with Crippen molar-refractivity contribution in [3.05, 3.63) is 40.4 Å². The number of carbonyl (C=O) groups excluding carboxylic acids is 1. The van der Waals surface area contributed by atoms with Crippen LogP contribution >= 0.6 is 23.1 Å². The van der Waals surface area contributed by atoms with E-state index in [0.29, 0.717) is 21.3 Å². The zero-order valence-corrected chi connectivity index (χ0v) is 15.2. The average Bonchev–Trinajstić information content (AvgIpc) is 3.08. The maximum atomic E-state index is 12.5. The van der Waals surface area contributed by atoms with E-state index in [9.17, 15) is 18.0 Å².